The number of hydrogen-bond donors (Lipinski definition) is 0. The van der Waals surface area contributed by atoms with Crippen molar-refractivity contribution in [3.8, 4) is 5.75 Å². The largest absolute Gasteiger partial charge is 0.484 e. The summed E-state index contributed by atoms with van der Waals surface area (Å²) in [5, 5.41) is 0.755. The van der Waals surface area contributed by atoms with E-state index >= 15 is 0 Å². The molecule has 0 N–H and O–H groups in total. The Kier molecular flexibility index (Phi) is 6.79. The molecule has 0 saturated carbocycles. The Morgan fingerprint density at radius 2 is 1.67 bits per heavy atom. The van der Waals surface area contributed by atoms with Gasteiger partial charge in [0, 0.05) is 42.2 Å². The fourth-order valence-electron chi connectivity index (χ4n) is 3.23. The Morgan fingerprint density at radius 1 is 1.07 bits per heavy atom. The zero-order valence-electron chi connectivity index (χ0n) is 15.7. The van der Waals surface area contributed by atoms with Gasteiger partial charge in [0.15, 0.2) is 6.61 Å². The predicted molar refractivity (Wildman–Crippen MR) is 112 cm³/mol. The number of aryl methyl sites for hydroxylation is 2. The van der Waals surface area contributed by atoms with Gasteiger partial charge >= 0.3 is 0 Å². The summed E-state index contributed by atoms with van der Waals surface area (Å²) in [5.41, 5.74) is 3.45. The van der Waals surface area contributed by atoms with Crippen LogP contribution in [0.3, 0.4) is 0 Å². The number of benzene rings is 2. The van der Waals surface area contributed by atoms with Crippen LogP contribution in [0, 0.1) is 13.8 Å². The molecule has 2 aromatic rings. The molecular formula is C21H24BrClN2O2. The molecule has 0 atom stereocenters. The van der Waals surface area contributed by atoms with Crippen molar-refractivity contribution in [3.05, 3.63) is 62.6 Å². The number of halogens is 2. The lowest BCUT2D eigenvalue weighted by atomic mass is 10.1. The molecule has 1 saturated heterocycles. The highest BCUT2D eigenvalue weighted by molar-refractivity contribution is 9.10. The zero-order valence-corrected chi connectivity index (χ0v) is 18.0. The number of nitrogens with zero attached hydrogens (tertiary/aromatic N) is 2. The first-order valence-corrected chi connectivity index (χ1v) is 10.2. The van der Waals surface area contributed by atoms with Crippen LogP contribution in [0.25, 0.3) is 0 Å². The topological polar surface area (TPSA) is 32.8 Å². The van der Waals surface area contributed by atoms with Gasteiger partial charge in [-0.1, -0.05) is 39.7 Å². The van der Waals surface area contributed by atoms with E-state index in [1.807, 2.05) is 43.0 Å². The molecule has 27 heavy (non-hydrogen) atoms. The van der Waals surface area contributed by atoms with E-state index in [1.165, 1.54) is 5.56 Å². The van der Waals surface area contributed by atoms with Crippen LogP contribution >= 0.6 is 27.5 Å². The molecule has 0 radical (unpaired) electrons. The summed E-state index contributed by atoms with van der Waals surface area (Å²) in [5.74, 6) is 0.780. The standard InChI is InChI=1S/C21H24BrClN2O2/c1-15-11-19(12-16(2)21(15)22)27-14-20(26)25-9-7-24(8-10-25)13-17-3-5-18(23)6-4-17/h3-6,11-12H,7-10,13-14H2,1-2H3. The summed E-state index contributed by atoms with van der Waals surface area (Å²) >= 11 is 9.48. The minimum Gasteiger partial charge on any atom is -0.484 e. The van der Waals surface area contributed by atoms with Crippen LogP contribution in [0.4, 0.5) is 0 Å². The summed E-state index contributed by atoms with van der Waals surface area (Å²) in [6.07, 6.45) is 0. The lowest BCUT2D eigenvalue weighted by molar-refractivity contribution is -0.135. The summed E-state index contributed by atoms with van der Waals surface area (Å²) in [4.78, 5) is 16.7. The van der Waals surface area contributed by atoms with Crippen LogP contribution in [0.15, 0.2) is 40.9 Å². The van der Waals surface area contributed by atoms with Crippen LogP contribution < -0.4 is 4.74 Å². The van der Waals surface area contributed by atoms with Crippen LogP contribution in [-0.2, 0) is 11.3 Å². The Balaban J connectivity index is 1.46. The van der Waals surface area contributed by atoms with Crippen LogP contribution in [-0.4, -0.2) is 48.5 Å². The third-order valence-electron chi connectivity index (χ3n) is 4.82. The summed E-state index contributed by atoms with van der Waals surface area (Å²) in [6.45, 7) is 8.19. The maximum Gasteiger partial charge on any atom is 0.260 e. The molecule has 1 aliphatic rings. The van der Waals surface area contributed by atoms with E-state index in [2.05, 4.69) is 33.0 Å². The van der Waals surface area contributed by atoms with Gasteiger partial charge in [0.1, 0.15) is 5.75 Å². The van der Waals surface area contributed by atoms with E-state index < -0.39 is 0 Å². The Hall–Kier alpha value is -1.56. The average Bonchev–Trinajstić information content (AvgIpc) is 2.66. The Labute approximate surface area is 174 Å². The van der Waals surface area contributed by atoms with Gasteiger partial charge in [0.25, 0.3) is 5.91 Å². The summed E-state index contributed by atoms with van der Waals surface area (Å²) in [7, 11) is 0. The fraction of sp³-hybridized carbons (Fsp3) is 0.381. The number of hydrogen-bond acceptors (Lipinski definition) is 3. The minimum absolute atomic E-state index is 0.0411. The van der Waals surface area contributed by atoms with Crippen LogP contribution in [0.2, 0.25) is 5.02 Å². The van der Waals surface area contributed by atoms with E-state index in [4.69, 9.17) is 16.3 Å². The van der Waals surface area contributed by atoms with Crippen molar-refractivity contribution in [2.24, 2.45) is 0 Å². The second-order valence-electron chi connectivity index (χ2n) is 6.94. The molecule has 0 aliphatic carbocycles. The smallest absolute Gasteiger partial charge is 0.260 e. The highest BCUT2D eigenvalue weighted by atomic mass is 79.9. The van der Waals surface area contributed by atoms with E-state index in [-0.39, 0.29) is 12.5 Å². The van der Waals surface area contributed by atoms with Crippen molar-refractivity contribution in [2.45, 2.75) is 20.4 Å². The molecule has 2 aromatic carbocycles. The third-order valence-corrected chi connectivity index (χ3v) is 6.32. The molecule has 1 aliphatic heterocycles. The van der Waals surface area contributed by atoms with Gasteiger partial charge in [0.2, 0.25) is 0 Å². The maximum atomic E-state index is 12.5. The molecule has 6 heteroatoms. The molecule has 144 valence electrons. The molecule has 3 rings (SSSR count). The minimum atomic E-state index is 0.0411. The Bertz CT molecular complexity index is 779. The molecule has 0 spiro atoms. The molecule has 1 heterocycles. The molecule has 0 aromatic heterocycles. The Morgan fingerprint density at radius 3 is 2.26 bits per heavy atom. The van der Waals surface area contributed by atoms with Crippen molar-refractivity contribution in [2.75, 3.05) is 32.8 Å². The van der Waals surface area contributed by atoms with E-state index in [0.29, 0.717) is 0 Å². The van der Waals surface area contributed by atoms with Crippen molar-refractivity contribution in [1.29, 1.82) is 0 Å². The van der Waals surface area contributed by atoms with Gasteiger partial charge in [-0.3, -0.25) is 9.69 Å². The normalized spacial score (nSPS) is 15.0. The number of amides is 1. The molecule has 1 amide bonds. The number of carbonyl (C=O) groups is 1. The molecule has 4 nitrogen and oxygen atoms in total. The number of carbonyl (C=O) groups excluding carboxylic acids is 1. The van der Waals surface area contributed by atoms with Gasteiger partial charge in [-0.15, -0.1) is 0 Å². The van der Waals surface area contributed by atoms with Gasteiger partial charge in [-0.25, -0.2) is 0 Å². The van der Waals surface area contributed by atoms with Crippen LogP contribution in [0.5, 0.6) is 5.75 Å². The molecule has 0 bridgehead atoms. The van der Waals surface area contributed by atoms with E-state index in [0.717, 1.165) is 59.1 Å². The lowest BCUT2D eigenvalue weighted by Gasteiger charge is -2.34. The number of piperazine rings is 1. The summed E-state index contributed by atoms with van der Waals surface area (Å²) < 4.78 is 6.81. The SMILES string of the molecule is Cc1cc(OCC(=O)N2CCN(Cc3ccc(Cl)cc3)CC2)cc(C)c1Br. The maximum absolute atomic E-state index is 12.5. The van der Waals surface area contributed by atoms with Crippen molar-refractivity contribution >= 4 is 33.4 Å². The van der Waals surface area contributed by atoms with E-state index in [9.17, 15) is 4.79 Å². The van der Waals surface area contributed by atoms with Crippen molar-refractivity contribution < 1.29 is 9.53 Å². The highest BCUT2D eigenvalue weighted by Gasteiger charge is 2.21. The molecular weight excluding hydrogens is 428 g/mol. The van der Waals surface area contributed by atoms with Gasteiger partial charge < -0.3 is 9.64 Å². The van der Waals surface area contributed by atoms with Gasteiger partial charge in [-0.05, 0) is 54.8 Å². The fourth-order valence-corrected chi connectivity index (χ4v) is 3.58. The second-order valence-corrected chi connectivity index (χ2v) is 8.17. The first-order chi connectivity index (χ1) is 12.9. The molecule has 1 fully saturated rings. The number of rotatable bonds is 5. The first kappa shape index (κ1) is 20.2. The summed E-state index contributed by atoms with van der Waals surface area (Å²) in [6, 6.07) is 11.8. The molecule has 0 unspecified atom stereocenters. The second kappa shape index (κ2) is 9.09. The number of ether oxygens (including phenoxy) is 1. The van der Waals surface area contributed by atoms with E-state index in [1.54, 1.807) is 0 Å². The van der Waals surface area contributed by atoms with Crippen LogP contribution in [0.1, 0.15) is 16.7 Å². The monoisotopic (exact) mass is 450 g/mol. The van der Waals surface area contributed by atoms with Gasteiger partial charge in [-0.2, -0.15) is 0 Å². The average molecular weight is 452 g/mol. The highest BCUT2D eigenvalue weighted by Crippen LogP contribution is 2.26. The zero-order chi connectivity index (χ0) is 19.4. The predicted octanol–water partition coefficient (Wildman–Crippen LogP) is 4.44. The van der Waals surface area contributed by atoms with Crippen molar-refractivity contribution in [3.63, 3.8) is 0 Å². The quantitative estimate of drug-likeness (QED) is 0.673. The van der Waals surface area contributed by atoms with Crippen molar-refractivity contribution in [1.82, 2.24) is 9.80 Å². The lowest BCUT2D eigenvalue weighted by Crippen LogP contribution is -2.49. The first-order valence-electron chi connectivity index (χ1n) is 9.06. The third kappa shape index (κ3) is 5.47. The van der Waals surface area contributed by atoms with Gasteiger partial charge in [0.05, 0.1) is 0 Å².